The molecule has 1 aliphatic rings. The molecule has 28 heavy (non-hydrogen) atoms. The van der Waals surface area contributed by atoms with Crippen LogP contribution >= 0.6 is 11.6 Å². The second-order valence-corrected chi connectivity index (χ2v) is 7.54. The SMILES string of the molecule is CNC(CN(CC=O)C(=O)O)C1CCN(c2cc3cc(Cl)ccc3cn2)CC1. The van der Waals surface area contributed by atoms with Crippen molar-refractivity contribution >= 4 is 40.6 Å². The standard InChI is InChI=1S/C20H25ClN4O3/c1-22-18(13-25(8-9-26)20(27)28)14-4-6-24(7-5-14)19-11-16-10-17(21)3-2-15(16)12-23-19/h2-3,9-12,14,18,22H,4-8,13H2,1H3,(H,27,28). The van der Waals surface area contributed by atoms with Gasteiger partial charge in [0.1, 0.15) is 12.1 Å². The topological polar surface area (TPSA) is 85.8 Å². The number of nitrogens with one attached hydrogen (secondary N) is 1. The molecule has 150 valence electrons. The number of carbonyl (C=O) groups excluding carboxylic acids is 1. The number of amides is 1. The molecule has 1 aliphatic heterocycles. The van der Waals surface area contributed by atoms with Crippen LogP contribution in [0.3, 0.4) is 0 Å². The van der Waals surface area contributed by atoms with Crippen LogP contribution in [0, 0.1) is 5.92 Å². The lowest BCUT2D eigenvalue weighted by Gasteiger charge is -2.37. The molecule has 1 aromatic heterocycles. The minimum Gasteiger partial charge on any atom is -0.465 e. The third-order valence-corrected chi connectivity index (χ3v) is 5.69. The van der Waals surface area contributed by atoms with Gasteiger partial charge in [-0.25, -0.2) is 9.78 Å². The number of nitrogens with zero attached hydrogens (tertiary/aromatic N) is 3. The largest absolute Gasteiger partial charge is 0.465 e. The highest BCUT2D eigenvalue weighted by atomic mass is 35.5. The van der Waals surface area contributed by atoms with Gasteiger partial charge in [-0.2, -0.15) is 0 Å². The van der Waals surface area contributed by atoms with E-state index in [1.807, 2.05) is 31.4 Å². The van der Waals surface area contributed by atoms with Gasteiger partial charge in [-0.05, 0) is 49.4 Å². The zero-order valence-corrected chi connectivity index (χ0v) is 16.6. The fourth-order valence-corrected chi connectivity index (χ4v) is 4.02. The minimum atomic E-state index is -1.07. The zero-order chi connectivity index (χ0) is 20.1. The lowest BCUT2D eigenvalue weighted by molar-refractivity contribution is -0.108. The molecule has 8 heteroatoms. The van der Waals surface area contributed by atoms with Crippen molar-refractivity contribution in [1.29, 1.82) is 0 Å². The summed E-state index contributed by atoms with van der Waals surface area (Å²) in [5.41, 5.74) is 0. The Labute approximate surface area is 169 Å². The normalized spacial score (nSPS) is 16.1. The van der Waals surface area contributed by atoms with Crippen LogP contribution in [0.1, 0.15) is 12.8 Å². The summed E-state index contributed by atoms with van der Waals surface area (Å²) in [6, 6.07) is 7.85. The summed E-state index contributed by atoms with van der Waals surface area (Å²) < 4.78 is 0. The number of likely N-dealkylation sites (N-methyl/N-ethyl adjacent to an activating group) is 1. The van der Waals surface area contributed by atoms with Gasteiger partial charge in [0.2, 0.25) is 0 Å². The third kappa shape index (κ3) is 4.72. The second-order valence-electron chi connectivity index (χ2n) is 7.11. The Balaban J connectivity index is 1.64. The Morgan fingerprint density at radius 2 is 2.14 bits per heavy atom. The van der Waals surface area contributed by atoms with Crippen LogP contribution in [-0.4, -0.2) is 66.6 Å². The fourth-order valence-electron chi connectivity index (χ4n) is 3.84. The lowest BCUT2D eigenvalue weighted by Crippen LogP contribution is -2.49. The van der Waals surface area contributed by atoms with E-state index >= 15 is 0 Å². The van der Waals surface area contributed by atoms with Gasteiger partial charge in [0.15, 0.2) is 0 Å². The number of carboxylic acid groups (broad SMARTS) is 1. The molecule has 2 heterocycles. The molecule has 0 saturated carbocycles. The Morgan fingerprint density at radius 3 is 2.79 bits per heavy atom. The third-order valence-electron chi connectivity index (χ3n) is 5.46. The predicted octanol–water partition coefficient (Wildman–Crippen LogP) is 2.87. The maximum absolute atomic E-state index is 11.3. The number of rotatable bonds is 7. The Kier molecular flexibility index (Phi) is 6.70. The highest BCUT2D eigenvalue weighted by molar-refractivity contribution is 6.31. The first-order valence-electron chi connectivity index (χ1n) is 9.41. The summed E-state index contributed by atoms with van der Waals surface area (Å²) in [5, 5.41) is 15.3. The average molecular weight is 405 g/mol. The summed E-state index contributed by atoms with van der Waals surface area (Å²) >= 11 is 6.10. The van der Waals surface area contributed by atoms with E-state index in [2.05, 4.69) is 21.3 Å². The number of benzene rings is 1. The number of pyridine rings is 1. The van der Waals surface area contributed by atoms with Gasteiger partial charge < -0.3 is 20.1 Å². The summed E-state index contributed by atoms with van der Waals surface area (Å²) in [6.45, 7) is 1.91. The van der Waals surface area contributed by atoms with Crippen molar-refractivity contribution in [3.05, 3.63) is 35.5 Å². The molecule has 3 rings (SSSR count). The summed E-state index contributed by atoms with van der Waals surface area (Å²) in [7, 11) is 1.84. The number of aromatic nitrogens is 1. The van der Waals surface area contributed by atoms with Crippen LogP contribution in [0.2, 0.25) is 5.02 Å². The van der Waals surface area contributed by atoms with Crippen molar-refractivity contribution in [1.82, 2.24) is 15.2 Å². The highest BCUT2D eigenvalue weighted by Gasteiger charge is 2.28. The van der Waals surface area contributed by atoms with Crippen LogP contribution in [-0.2, 0) is 4.79 Å². The predicted molar refractivity (Wildman–Crippen MR) is 110 cm³/mol. The number of hydrogen-bond acceptors (Lipinski definition) is 5. The molecule has 0 aliphatic carbocycles. The first-order chi connectivity index (χ1) is 13.5. The van der Waals surface area contributed by atoms with Crippen molar-refractivity contribution in [3.63, 3.8) is 0 Å². The molecule has 1 aromatic carbocycles. The smallest absolute Gasteiger partial charge is 0.407 e. The molecule has 2 N–H and O–H groups in total. The molecule has 1 atom stereocenters. The van der Waals surface area contributed by atoms with E-state index in [1.165, 1.54) is 0 Å². The zero-order valence-electron chi connectivity index (χ0n) is 15.8. The number of hydrogen-bond donors (Lipinski definition) is 2. The summed E-state index contributed by atoms with van der Waals surface area (Å²) in [4.78, 5) is 30.0. The summed E-state index contributed by atoms with van der Waals surface area (Å²) in [6.07, 6.45) is 3.28. The molecular formula is C20H25ClN4O3. The van der Waals surface area contributed by atoms with Gasteiger partial charge in [-0.15, -0.1) is 0 Å². The Hall–Kier alpha value is -2.38. The van der Waals surface area contributed by atoms with Crippen LogP contribution in [0.5, 0.6) is 0 Å². The first kappa shape index (κ1) is 20.4. The molecule has 2 aromatic rings. The van der Waals surface area contributed by atoms with E-state index < -0.39 is 6.09 Å². The van der Waals surface area contributed by atoms with Crippen LogP contribution < -0.4 is 10.2 Å². The monoisotopic (exact) mass is 404 g/mol. The van der Waals surface area contributed by atoms with Gasteiger partial charge in [0.25, 0.3) is 0 Å². The van der Waals surface area contributed by atoms with Crippen LogP contribution in [0.15, 0.2) is 30.5 Å². The van der Waals surface area contributed by atoms with Crippen molar-refractivity contribution in [3.8, 4) is 0 Å². The van der Waals surface area contributed by atoms with Crippen LogP contribution in [0.25, 0.3) is 10.8 Å². The van der Waals surface area contributed by atoms with E-state index in [0.717, 1.165) is 47.4 Å². The van der Waals surface area contributed by atoms with E-state index in [0.29, 0.717) is 23.8 Å². The first-order valence-corrected chi connectivity index (χ1v) is 9.78. The molecule has 1 amide bonds. The van der Waals surface area contributed by atoms with Gasteiger partial charge in [-0.1, -0.05) is 17.7 Å². The lowest BCUT2D eigenvalue weighted by atomic mass is 9.89. The maximum atomic E-state index is 11.3. The number of anilines is 1. The van der Waals surface area contributed by atoms with Crippen LogP contribution in [0.4, 0.5) is 10.6 Å². The Morgan fingerprint density at radius 1 is 1.39 bits per heavy atom. The van der Waals surface area contributed by atoms with E-state index in [-0.39, 0.29) is 12.6 Å². The van der Waals surface area contributed by atoms with Crippen molar-refractivity contribution < 1.29 is 14.7 Å². The molecule has 1 unspecified atom stereocenters. The molecular weight excluding hydrogens is 380 g/mol. The number of aldehydes is 1. The molecule has 0 bridgehead atoms. The van der Waals surface area contributed by atoms with Gasteiger partial charge in [0.05, 0.1) is 6.54 Å². The van der Waals surface area contributed by atoms with Crippen molar-refractivity contribution in [2.75, 3.05) is 38.1 Å². The van der Waals surface area contributed by atoms with Gasteiger partial charge in [0, 0.05) is 42.3 Å². The van der Waals surface area contributed by atoms with Gasteiger partial charge >= 0.3 is 6.09 Å². The van der Waals surface area contributed by atoms with E-state index in [9.17, 15) is 14.7 Å². The van der Waals surface area contributed by atoms with E-state index in [4.69, 9.17) is 11.6 Å². The number of carbonyl (C=O) groups is 2. The number of fused-ring (bicyclic) bond motifs is 1. The second kappa shape index (κ2) is 9.21. The molecule has 1 saturated heterocycles. The molecule has 0 radical (unpaired) electrons. The Bertz CT molecular complexity index is 839. The molecule has 0 spiro atoms. The summed E-state index contributed by atoms with van der Waals surface area (Å²) in [5.74, 6) is 1.27. The highest BCUT2D eigenvalue weighted by Crippen LogP contribution is 2.27. The molecule has 7 nitrogen and oxygen atoms in total. The minimum absolute atomic E-state index is 0.0153. The number of piperidine rings is 1. The maximum Gasteiger partial charge on any atom is 0.407 e. The molecule has 1 fully saturated rings. The fraction of sp³-hybridized carbons (Fsp3) is 0.450. The van der Waals surface area contributed by atoms with E-state index in [1.54, 1.807) is 0 Å². The average Bonchev–Trinajstić information content (AvgIpc) is 2.70. The quantitative estimate of drug-likeness (QED) is 0.690. The van der Waals surface area contributed by atoms with Crippen molar-refractivity contribution in [2.45, 2.75) is 18.9 Å². The van der Waals surface area contributed by atoms with Crippen molar-refractivity contribution in [2.24, 2.45) is 5.92 Å². The number of halogens is 1. The van der Waals surface area contributed by atoms with Gasteiger partial charge in [-0.3, -0.25) is 4.90 Å².